The first kappa shape index (κ1) is 15.5. The Balaban J connectivity index is 2.93. The van der Waals surface area contributed by atoms with E-state index in [-0.39, 0.29) is 18.7 Å². The van der Waals surface area contributed by atoms with Gasteiger partial charge >= 0.3 is 0 Å². The van der Waals surface area contributed by atoms with Crippen LogP contribution < -0.4 is 5.32 Å². The summed E-state index contributed by atoms with van der Waals surface area (Å²) in [5.41, 5.74) is 1.35. The molecule has 1 N–H and O–H groups in total. The summed E-state index contributed by atoms with van der Waals surface area (Å²) in [5, 5.41) is 20.5. The highest BCUT2D eigenvalue weighted by Crippen LogP contribution is 2.17. The molecule has 0 saturated carbocycles. The van der Waals surface area contributed by atoms with Gasteiger partial charge in [-0.05, 0) is 19.1 Å². The highest BCUT2D eigenvalue weighted by Gasteiger charge is 2.17. The average molecular weight is 270 g/mol. The Labute approximate surface area is 119 Å². The van der Waals surface area contributed by atoms with Crippen LogP contribution in [0.5, 0.6) is 0 Å². The van der Waals surface area contributed by atoms with E-state index in [4.69, 9.17) is 10.5 Å². The second-order valence-electron chi connectivity index (χ2n) is 4.18. The van der Waals surface area contributed by atoms with E-state index < -0.39 is 0 Å². The van der Waals surface area contributed by atoms with Crippen molar-refractivity contribution in [3.8, 4) is 12.1 Å². The number of nitrogens with one attached hydrogen (secondary N) is 1. The largest absolute Gasteiger partial charge is 0.385 e. The lowest BCUT2D eigenvalue weighted by Gasteiger charge is -2.22. The van der Waals surface area contributed by atoms with Crippen molar-refractivity contribution in [2.45, 2.75) is 19.8 Å². The van der Waals surface area contributed by atoms with E-state index in [1.807, 2.05) is 31.2 Å². The summed E-state index contributed by atoms with van der Waals surface area (Å²) in [5.74, 6) is -0.146. The number of carbonyl (C=O) groups excluding carboxylic acids is 1. The van der Waals surface area contributed by atoms with Crippen molar-refractivity contribution in [1.29, 1.82) is 10.5 Å². The first-order valence-corrected chi connectivity index (χ1v) is 6.60. The third kappa shape index (κ3) is 4.29. The minimum absolute atomic E-state index is 0.146. The molecule has 5 heteroatoms. The van der Waals surface area contributed by atoms with E-state index in [9.17, 15) is 4.79 Å². The molecule has 0 aromatic heterocycles. The van der Waals surface area contributed by atoms with Gasteiger partial charge in [0.1, 0.15) is 0 Å². The van der Waals surface area contributed by atoms with E-state index in [0.717, 1.165) is 12.2 Å². The number of benzene rings is 1. The topological polar surface area (TPSA) is 79.9 Å². The number of rotatable bonds is 7. The van der Waals surface area contributed by atoms with Crippen molar-refractivity contribution in [2.24, 2.45) is 0 Å². The highest BCUT2D eigenvalue weighted by molar-refractivity contribution is 5.99. The van der Waals surface area contributed by atoms with Crippen LogP contribution in [0.3, 0.4) is 0 Å². The maximum atomic E-state index is 12.5. The number of anilines is 1. The summed E-state index contributed by atoms with van der Waals surface area (Å²) in [4.78, 5) is 14.1. The molecule has 1 rings (SSSR count). The first-order valence-electron chi connectivity index (χ1n) is 6.60. The zero-order valence-electron chi connectivity index (χ0n) is 11.6. The molecular weight excluding hydrogens is 252 g/mol. The standard InChI is InChI=1S/C15H18N4O/c1-2-18-14-8-4-3-7-13(14)15(20)19(11-5-9-16)12-6-10-17/h3-4,7-8,18H,2,5-6,11-12H2,1H3. The molecule has 0 aliphatic rings. The molecule has 0 radical (unpaired) electrons. The predicted octanol–water partition coefficient (Wildman–Crippen LogP) is 2.39. The molecule has 0 heterocycles. The number of hydrogen-bond acceptors (Lipinski definition) is 4. The van der Waals surface area contributed by atoms with Crippen LogP contribution in [0.25, 0.3) is 0 Å². The van der Waals surface area contributed by atoms with Crippen molar-refractivity contribution in [3.05, 3.63) is 29.8 Å². The van der Waals surface area contributed by atoms with Gasteiger partial charge in [-0.15, -0.1) is 0 Å². The van der Waals surface area contributed by atoms with E-state index in [1.165, 1.54) is 0 Å². The Hall–Kier alpha value is -2.53. The fraction of sp³-hybridized carbons (Fsp3) is 0.400. The second kappa shape index (κ2) is 8.55. The van der Waals surface area contributed by atoms with Crippen LogP contribution in [0, 0.1) is 22.7 Å². The summed E-state index contributed by atoms with van der Waals surface area (Å²) in [7, 11) is 0. The van der Waals surface area contributed by atoms with Gasteiger partial charge in [0.2, 0.25) is 0 Å². The van der Waals surface area contributed by atoms with Gasteiger partial charge in [0.15, 0.2) is 0 Å². The number of nitriles is 2. The normalized spacial score (nSPS) is 9.35. The van der Waals surface area contributed by atoms with Crippen LogP contribution in [0.1, 0.15) is 30.1 Å². The van der Waals surface area contributed by atoms with Gasteiger partial charge in [0.05, 0.1) is 30.5 Å². The molecule has 1 aromatic rings. The molecule has 0 unspecified atom stereocenters. The quantitative estimate of drug-likeness (QED) is 0.825. The molecule has 0 aliphatic carbocycles. The van der Waals surface area contributed by atoms with Crippen LogP contribution in [-0.4, -0.2) is 30.4 Å². The zero-order chi connectivity index (χ0) is 14.8. The average Bonchev–Trinajstić information content (AvgIpc) is 2.48. The number of amides is 1. The SMILES string of the molecule is CCNc1ccccc1C(=O)N(CCC#N)CCC#N. The molecule has 0 spiro atoms. The zero-order valence-corrected chi connectivity index (χ0v) is 11.6. The van der Waals surface area contributed by atoms with Crippen molar-refractivity contribution in [2.75, 3.05) is 25.0 Å². The maximum Gasteiger partial charge on any atom is 0.256 e. The van der Waals surface area contributed by atoms with Gasteiger partial charge in [0.25, 0.3) is 5.91 Å². The molecular formula is C15H18N4O. The summed E-state index contributed by atoms with van der Waals surface area (Å²) >= 11 is 0. The molecule has 0 aliphatic heterocycles. The fourth-order valence-corrected chi connectivity index (χ4v) is 1.87. The second-order valence-corrected chi connectivity index (χ2v) is 4.18. The molecule has 0 bridgehead atoms. The predicted molar refractivity (Wildman–Crippen MR) is 77.0 cm³/mol. The van der Waals surface area contributed by atoms with Gasteiger partial charge in [0, 0.05) is 25.3 Å². The molecule has 5 nitrogen and oxygen atoms in total. The maximum absolute atomic E-state index is 12.5. The van der Waals surface area contributed by atoms with Crippen molar-refractivity contribution < 1.29 is 4.79 Å². The van der Waals surface area contributed by atoms with Gasteiger partial charge < -0.3 is 10.2 Å². The molecule has 0 saturated heterocycles. The van der Waals surface area contributed by atoms with Crippen molar-refractivity contribution >= 4 is 11.6 Å². The van der Waals surface area contributed by atoms with Gasteiger partial charge in [-0.1, -0.05) is 12.1 Å². The summed E-state index contributed by atoms with van der Waals surface area (Å²) < 4.78 is 0. The lowest BCUT2D eigenvalue weighted by Crippen LogP contribution is -2.33. The van der Waals surface area contributed by atoms with Gasteiger partial charge in [-0.25, -0.2) is 0 Å². The minimum Gasteiger partial charge on any atom is -0.385 e. The Morgan fingerprint density at radius 3 is 2.35 bits per heavy atom. The molecule has 1 amide bonds. The lowest BCUT2D eigenvalue weighted by molar-refractivity contribution is 0.0763. The Morgan fingerprint density at radius 2 is 1.80 bits per heavy atom. The van der Waals surface area contributed by atoms with Crippen LogP contribution >= 0.6 is 0 Å². The molecule has 20 heavy (non-hydrogen) atoms. The van der Waals surface area contributed by atoms with Gasteiger partial charge in [-0.2, -0.15) is 10.5 Å². The third-order valence-corrected chi connectivity index (χ3v) is 2.80. The van der Waals surface area contributed by atoms with Crippen molar-refractivity contribution in [1.82, 2.24) is 4.90 Å². The summed E-state index contributed by atoms with van der Waals surface area (Å²) in [6.07, 6.45) is 0.529. The van der Waals surface area contributed by atoms with Gasteiger partial charge in [-0.3, -0.25) is 4.79 Å². The highest BCUT2D eigenvalue weighted by atomic mass is 16.2. The Kier molecular flexibility index (Phi) is 6.64. The van der Waals surface area contributed by atoms with Crippen LogP contribution in [0.2, 0.25) is 0 Å². The van der Waals surface area contributed by atoms with E-state index >= 15 is 0 Å². The number of para-hydroxylation sites is 1. The lowest BCUT2D eigenvalue weighted by atomic mass is 10.1. The van der Waals surface area contributed by atoms with E-state index in [1.54, 1.807) is 17.0 Å². The van der Waals surface area contributed by atoms with Crippen molar-refractivity contribution in [3.63, 3.8) is 0 Å². The van der Waals surface area contributed by atoms with Crippen LogP contribution in [-0.2, 0) is 0 Å². The smallest absolute Gasteiger partial charge is 0.256 e. The summed E-state index contributed by atoms with van der Waals surface area (Å²) in [6, 6.07) is 11.3. The molecule has 104 valence electrons. The number of hydrogen-bond donors (Lipinski definition) is 1. The number of nitrogens with zero attached hydrogens (tertiary/aromatic N) is 3. The fourth-order valence-electron chi connectivity index (χ4n) is 1.87. The summed E-state index contributed by atoms with van der Waals surface area (Å²) in [6.45, 7) is 3.38. The Morgan fingerprint density at radius 1 is 1.20 bits per heavy atom. The first-order chi connectivity index (χ1) is 9.74. The minimum atomic E-state index is -0.146. The molecule has 0 fully saturated rings. The van der Waals surface area contributed by atoms with E-state index in [2.05, 4.69) is 5.32 Å². The van der Waals surface area contributed by atoms with Crippen LogP contribution in [0.4, 0.5) is 5.69 Å². The van der Waals surface area contributed by atoms with E-state index in [0.29, 0.717) is 18.7 Å². The monoisotopic (exact) mass is 270 g/mol. The molecule has 0 atom stereocenters. The third-order valence-electron chi connectivity index (χ3n) is 2.80. The molecule has 1 aromatic carbocycles. The number of carbonyl (C=O) groups is 1. The Bertz CT molecular complexity index is 509. The van der Waals surface area contributed by atoms with Crippen LogP contribution in [0.15, 0.2) is 24.3 Å².